The van der Waals surface area contributed by atoms with Gasteiger partial charge in [-0.15, -0.1) is 0 Å². The van der Waals surface area contributed by atoms with Gasteiger partial charge in [0.05, 0.1) is 38.5 Å². The van der Waals surface area contributed by atoms with E-state index in [0.29, 0.717) is 23.9 Å². The standard InChI is InChI=1S/C102H88N2O4/c1-52(2)100-35-29-97(7,30-36-100)91(106)70-49-82-64(44-78(70)100)67-42-65-59-20-17-54(39-80(59)102-74-16-12-11-15-58(74)62-40-56(19-22-75(62)102)53(3)101-37-31-98(8,32-38-101)92(107)71-50-84-73(46-79(71)101)86(87(65)102)89(67)104(82)84)51-99-33-27-95(5,28-34-99)76-43-63-66-41-61-57-14-10-9-13-55(57)18-21-60(61)85-72-45-77-68(90(105)96(6)25-23-94(77,4)24-26-96)47-83(72)103(88(66)85)81(63)48-69(76)93(99)108/h9-17,19-20,22,39-50,52-53H,18,21,23-38,51H2,1-8H3. The average Bonchev–Trinajstić information content (AvgIpc) is 1.47. The molecule has 4 heterocycles. The lowest BCUT2D eigenvalue weighted by Crippen LogP contribution is -2.38. The molecule has 4 aromatic heterocycles. The van der Waals surface area contributed by atoms with Crippen LogP contribution in [0, 0.1) is 27.6 Å². The smallest absolute Gasteiger partial charge is 0.169 e. The van der Waals surface area contributed by atoms with Crippen molar-refractivity contribution in [1.29, 1.82) is 0 Å². The van der Waals surface area contributed by atoms with Gasteiger partial charge in [-0.25, -0.2) is 0 Å². The van der Waals surface area contributed by atoms with Gasteiger partial charge in [0.15, 0.2) is 23.1 Å². The van der Waals surface area contributed by atoms with E-state index in [2.05, 4.69) is 210 Å². The first kappa shape index (κ1) is 61.4. The molecule has 14 bridgehead atoms. The molecule has 17 aliphatic carbocycles. The predicted octanol–water partition coefficient (Wildman–Crippen LogP) is 24.2. The number of benzene rings is 10. The van der Waals surface area contributed by atoms with Crippen LogP contribution in [0.25, 0.3) is 110 Å². The minimum absolute atomic E-state index is 0.0730. The van der Waals surface area contributed by atoms with Crippen molar-refractivity contribution >= 4 is 99.3 Å². The highest BCUT2D eigenvalue weighted by Crippen LogP contribution is 2.70. The molecule has 14 aromatic rings. The lowest BCUT2D eigenvalue weighted by atomic mass is 9.58. The maximum atomic E-state index is 17.1. The molecule has 2 spiro atoms. The first-order valence-electron chi connectivity index (χ1n) is 41.5. The van der Waals surface area contributed by atoms with Gasteiger partial charge in [0, 0.05) is 92.4 Å². The second-order valence-electron chi connectivity index (χ2n) is 39.5. The molecule has 6 heteroatoms. The molecular weight excluding hydrogens is 1320 g/mol. The maximum Gasteiger partial charge on any atom is 0.169 e. The van der Waals surface area contributed by atoms with Gasteiger partial charge < -0.3 is 8.80 Å². The maximum absolute atomic E-state index is 17.1. The molecule has 0 aliphatic heterocycles. The quantitative estimate of drug-likeness (QED) is 0.177. The van der Waals surface area contributed by atoms with Crippen molar-refractivity contribution < 1.29 is 19.2 Å². The third kappa shape index (κ3) is 6.62. The van der Waals surface area contributed by atoms with E-state index >= 15 is 19.2 Å². The van der Waals surface area contributed by atoms with E-state index in [9.17, 15) is 0 Å². The Bertz CT molecular complexity index is 6780. The van der Waals surface area contributed by atoms with E-state index in [1.54, 1.807) is 0 Å². The zero-order chi connectivity index (χ0) is 72.3. The van der Waals surface area contributed by atoms with Crippen LogP contribution in [0.4, 0.5) is 0 Å². The summed E-state index contributed by atoms with van der Waals surface area (Å²) in [4.78, 5) is 63.8. The van der Waals surface area contributed by atoms with Crippen molar-refractivity contribution in [2.45, 2.75) is 210 Å². The van der Waals surface area contributed by atoms with Crippen LogP contribution >= 0.6 is 0 Å². The van der Waals surface area contributed by atoms with Crippen LogP contribution < -0.4 is 0 Å². The lowest BCUT2D eigenvalue weighted by molar-refractivity contribution is 0.0682. The molecular formula is C102H88N2O4. The SMILES string of the molecule is CC(C)C12CCC(C)(CC1)C(=O)c1cc3c(cc12)c1cc2c4c5c6cc7c(cc6n3c15)C(=O)C1(C)CCC7(CC1)C(C)c1ccc3c(c1)-c1ccccc1C34c1cc(CC34CCC(C)(CC3)c3cc5c6cc7c(c8c9cc%10c(cc9n(c5cc3C4=O)c68)C(=O)C3(C)CCC%10(C)CC3)CCc3ccccc3-7)ccc1-2. The Labute approximate surface area is 629 Å². The molecule has 31 rings (SSSR count). The highest BCUT2D eigenvalue weighted by atomic mass is 16.1. The molecule has 0 amide bonds. The van der Waals surface area contributed by atoms with Gasteiger partial charge in [0.1, 0.15) is 0 Å². The van der Waals surface area contributed by atoms with E-state index in [-0.39, 0.29) is 44.6 Å². The van der Waals surface area contributed by atoms with Gasteiger partial charge in [-0.3, -0.25) is 19.2 Å². The lowest BCUT2D eigenvalue weighted by Gasteiger charge is -2.45. The van der Waals surface area contributed by atoms with Gasteiger partial charge in [0.25, 0.3) is 0 Å². The molecule has 0 N–H and O–H groups in total. The van der Waals surface area contributed by atoms with E-state index in [1.165, 1.54) is 154 Å². The summed E-state index contributed by atoms with van der Waals surface area (Å²) in [7, 11) is 0. The van der Waals surface area contributed by atoms with Crippen LogP contribution in [-0.2, 0) is 46.3 Å². The number of carbonyl (C=O) groups is 4. The van der Waals surface area contributed by atoms with Crippen LogP contribution in [0.3, 0.4) is 0 Å². The molecule has 530 valence electrons. The Morgan fingerprint density at radius 2 is 0.870 bits per heavy atom. The number of aryl methyl sites for hydroxylation is 2. The van der Waals surface area contributed by atoms with Gasteiger partial charge in [0.2, 0.25) is 0 Å². The van der Waals surface area contributed by atoms with Crippen molar-refractivity contribution in [1.82, 2.24) is 8.80 Å². The highest BCUT2D eigenvalue weighted by Gasteiger charge is 2.60. The van der Waals surface area contributed by atoms with Gasteiger partial charge in [-0.1, -0.05) is 140 Å². The summed E-state index contributed by atoms with van der Waals surface area (Å²) >= 11 is 0. The zero-order valence-corrected chi connectivity index (χ0v) is 63.5. The number of aromatic nitrogens is 2. The second-order valence-corrected chi connectivity index (χ2v) is 39.5. The first-order valence-corrected chi connectivity index (χ1v) is 41.5. The summed E-state index contributed by atoms with van der Waals surface area (Å²) in [6.07, 6.45) is 17.4. The second kappa shape index (κ2) is 18.8. The Balaban J connectivity index is 0.715. The Morgan fingerprint density at radius 3 is 1.54 bits per heavy atom. The fourth-order valence-corrected chi connectivity index (χ4v) is 27.8. The highest BCUT2D eigenvalue weighted by molar-refractivity contribution is 6.30. The third-order valence-electron chi connectivity index (χ3n) is 34.7. The van der Waals surface area contributed by atoms with E-state index in [4.69, 9.17) is 0 Å². The third-order valence-corrected chi connectivity index (χ3v) is 34.7. The number of hydrogen-bond acceptors (Lipinski definition) is 4. The van der Waals surface area contributed by atoms with Crippen LogP contribution in [-0.4, -0.2) is 31.9 Å². The summed E-state index contributed by atoms with van der Waals surface area (Å²) in [5.41, 5.74) is 30.3. The number of nitrogens with zero attached hydrogens (tertiary/aromatic N) is 2. The molecule has 0 radical (unpaired) electrons. The van der Waals surface area contributed by atoms with Gasteiger partial charge in [-0.05, 0) is 311 Å². The number of hydrogen-bond donors (Lipinski definition) is 0. The van der Waals surface area contributed by atoms with Crippen molar-refractivity contribution in [2.24, 2.45) is 27.6 Å². The Hall–Kier alpha value is -9.52. The predicted molar refractivity (Wildman–Crippen MR) is 434 cm³/mol. The first-order chi connectivity index (χ1) is 52.0. The Kier molecular flexibility index (Phi) is 10.7. The Morgan fingerprint density at radius 1 is 0.370 bits per heavy atom. The van der Waals surface area contributed by atoms with E-state index in [0.717, 1.165) is 160 Å². The molecule has 4 saturated carbocycles. The van der Waals surface area contributed by atoms with Gasteiger partial charge >= 0.3 is 0 Å². The molecule has 0 saturated heterocycles. The van der Waals surface area contributed by atoms with Crippen LogP contribution in [0.15, 0.2) is 146 Å². The summed E-state index contributed by atoms with van der Waals surface area (Å²) < 4.78 is 5.08. The minimum Gasteiger partial charge on any atom is -0.308 e. The van der Waals surface area contributed by atoms with E-state index < -0.39 is 21.7 Å². The number of rotatable bonds is 3. The molecule has 10 aromatic carbocycles. The fraction of sp³-hybridized carbons (Fsp3) is 0.373. The molecule has 17 aliphatic rings. The van der Waals surface area contributed by atoms with Crippen molar-refractivity contribution in [2.75, 3.05) is 0 Å². The number of Topliss-reactive ketones (excluding diaryl/α,β-unsaturated/α-hetero) is 4. The molecule has 108 heavy (non-hydrogen) atoms. The van der Waals surface area contributed by atoms with Crippen LogP contribution in [0.1, 0.15) is 272 Å². The normalized spacial score (nSPS) is 31.1. The monoisotopic (exact) mass is 1400 g/mol. The van der Waals surface area contributed by atoms with Crippen LogP contribution in [0.5, 0.6) is 0 Å². The van der Waals surface area contributed by atoms with E-state index in [1.807, 2.05) is 0 Å². The number of fused-ring (bicyclic) bond motifs is 26. The summed E-state index contributed by atoms with van der Waals surface area (Å²) in [6, 6.07) is 58.1. The molecule has 2 unspecified atom stereocenters. The average molecular weight is 1410 g/mol. The number of ketones is 4. The molecule has 4 fully saturated rings. The molecule has 6 nitrogen and oxygen atoms in total. The summed E-state index contributed by atoms with van der Waals surface area (Å²) in [6.45, 7) is 18.9. The minimum atomic E-state index is -0.753. The number of carbonyl (C=O) groups excluding carboxylic acids is 4. The zero-order valence-electron chi connectivity index (χ0n) is 63.5. The van der Waals surface area contributed by atoms with Crippen molar-refractivity contribution in [3.8, 4) is 33.4 Å². The fourth-order valence-electron chi connectivity index (χ4n) is 27.8. The van der Waals surface area contributed by atoms with Crippen molar-refractivity contribution in [3.63, 3.8) is 0 Å². The summed E-state index contributed by atoms with van der Waals surface area (Å²) in [5.74, 6) is 1.65. The van der Waals surface area contributed by atoms with Gasteiger partial charge in [-0.2, -0.15) is 0 Å². The molecule has 2 atom stereocenters. The van der Waals surface area contributed by atoms with Crippen LogP contribution in [0.2, 0.25) is 0 Å². The van der Waals surface area contributed by atoms with Crippen molar-refractivity contribution in [3.05, 3.63) is 235 Å². The topological polar surface area (TPSA) is 77.1 Å². The summed E-state index contributed by atoms with van der Waals surface area (Å²) in [5, 5.41) is 9.93. The largest absolute Gasteiger partial charge is 0.308 e.